The maximum absolute atomic E-state index is 13.6. The smallest absolute Gasteiger partial charge is 0.266 e. The summed E-state index contributed by atoms with van der Waals surface area (Å²) in [5, 5.41) is 0. The summed E-state index contributed by atoms with van der Waals surface area (Å²) >= 11 is 3.05. The van der Waals surface area contributed by atoms with Crippen LogP contribution < -0.4 is 10.5 Å². The fourth-order valence-corrected chi connectivity index (χ4v) is 2.81. The Bertz CT molecular complexity index is 722. The van der Waals surface area contributed by atoms with Crippen LogP contribution in [0.1, 0.15) is 0 Å². The molecule has 19 heavy (non-hydrogen) atoms. The number of benzene rings is 1. The van der Waals surface area contributed by atoms with Crippen LogP contribution >= 0.6 is 15.9 Å². The molecule has 0 saturated heterocycles. The van der Waals surface area contributed by atoms with Crippen LogP contribution in [0.3, 0.4) is 0 Å². The van der Waals surface area contributed by atoms with E-state index in [-0.39, 0.29) is 11.5 Å². The van der Waals surface area contributed by atoms with Gasteiger partial charge in [-0.2, -0.15) is 0 Å². The van der Waals surface area contributed by atoms with E-state index in [0.29, 0.717) is 4.47 Å². The molecule has 1 heterocycles. The van der Waals surface area contributed by atoms with E-state index in [1.807, 2.05) is 0 Å². The van der Waals surface area contributed by atoms with Crippen LogP contribution in [0.2, 0.25) is 0 Å². The fraction of sp³-hybridized carbons (Fsp3) is 0. The monoisotopic (exact) mass is 345 g/mol. The minimum atomic E-state index is -4.07. The van der Waals surface area contributed by atoms with Gasteiger partial charge in [-0.1, -0.05) is 15.9 Å². The first kappa shape index (κ1) is 13.8. The zero-order chi connectivity index (χ0) is 14.0. The summed E-state index contributed by atoms with van der Waals surface area (Å²) in [7, 11) is -4.07. The third kappa shape index (κ3) is 3.02. The van der Waals surface area contributed by atoms with Crippen LogP contribution in [0.5, 0.6) is 0 Å². The molecule has 0 bridgehead atoms. The minimum absolute atomic E-state index is 0.0372. The first-order valence-electron chi connectivity index (χ1n) is 5.08. The molecule has 1 aromatic carbocycles. The molecule has 0 spiro atoms. The van der Waals surface area contributed by atoms with Gasteiger partial charge in [0.25, 0.3) is 10.0 Å². The molecule has 1 aromatic heterocycles. The number of halogens is 2. The second-order valence-corrected chi connectivity index (χ2v) is 6.19. The third-order valence-electron chi connectivity index (χ3n) is 2.25. The Morgan fingerprint density at radius 2 is 2.05 bits per heavy atom. The summed E-state index contributed by atoms with van der Waals surface area (Å²) < 4.78 is 40.3. The quantitative estimate of drug-likeness (QED) is 0.894. The number of aromatic nitrogens is 1. The predicted molar refractivity (Wildman–Crippen MR) is 73.6 cm³/mol. The number of hydrogen-bond donors (Lipinski definition) is 2. The van der Waals surface area contributed by atoms with Crippen LogP contribution in [-0.2, 0) is 10.0 Å². The van der Waals surface area contributed by atoms with Crippen molar-refractivity contribution in [2.75, 3.05) is 10.5 Å². The number of hydrogen-bond acceptors (Lipinski definition) is 4. The van der Waals surface area contributed by atoms with Crippen molar-refractivity contribution in [3.05, 3.63) is 46.8 Å². The van der Waals surface area contributed by atoms with Crippen molar-refractivity contribution in [3.63, 3.8) is 0 Å². The first-order chi connectivity index (χ1) is 8.90. The number of anilines is 2. The Kier molecular flexibility index (Phi) is 3.72. The standard InChI is InChI=1S/C11H9BrFN3O2S/c12-7-3-4-10(8(13)6-7)19(17,18)16-11-9(14)2-1-5-15-11/h1-6H,14H2,(H,15,16). The summed E-state index contributed by atoms with van der Waals surface area (Å²) in [6.45, 7) is 0. The molecule has 100 valence electrons. The zero-order valence-electron chi connectivity index (χ0n) is 9.47. The third-order valence-corrected chi connectivity index (χ3v) is 4.12. The lowest BCUT2D eigenvalue weighted by molar-refractivity contribution is 0.569. The zero-order valence-corrected chi connectivity index (χ0v) is 11.9. The minimum Gasteiger partial charge on any atom is -0.396 e. The largest absolute Gasteiger partial charge is 0.396 e. The van der Waals surface area contributed by atoms with Crippen molar-refractivity contribution >= 4 is 37.5 Å². The van der Waals surface area contributed by atoms with Crippen LogP contribution in [0, 0.1) is 5.82 Å². The lowest BCUT2D eigenvalue weighted by Gasteiger charge is -2.09. The van der Waals surface area contributed by atoms with E-state index in [0.717, 1.165) is 12.1 Å². The molecule has 0 aliphatic rings. The lowest BCUT2D eigenvalue weighted by atomic mass is 10.3. The van der Waals surface area contributed by atoms with Crippen LogP contribution in [0.4, 0.5) is 15.9 Å². The lowest BCUT2D eigenvalue weighted by Crippen LogP contribution is -2.16. The molecule has 8 heteroatoms. The predicted octanol–water partition coefficient (Wildman–Crippen LogP) is 2.37. The van der Waals surface area contributed by atoms with Crippen molar-refractivity contribution in [2.45, 2.75) is 4.90 Å². The van der Waals surface area contributed by atoms with Gasteiger partial charge in [0.05, 0.1) is 5.69 Å². The molecule has 0 unspecified atom stereocenters. The normalized spacial score (nSPS) is 11.3. The van der Waals surface area contributed by atoms with E-state index in [2.05, 4.69) is 25.6 Å². The van der Waals surface area contributed by atoms with Gasteiger partial charge in [0.15, 0.2) is 5.82 Å². The first-order valence-corrected chi connectivity index (χ1v) is 7.36. The number of nitrogens with one attached hydrogen (secondary N) is 1. The molecule has 0 aliphatic carbocycles. The molecule has 2 rings (SSSR count). The number of rotatable bonds is 3. The summed E-state index contributed by atoms with van der Waals surface area (Å²) in [5.41, 5.74) is 5.73. The summed E-state index contributed by atoms with van der Waals surface area (Å²) in [4.78, 5) is 3.32. The highest BCUT2D eigenvalue weighted by molar-refractivity contribution is 9.10. The molecular weight excluding hydrogens is 337 g/mol. The topological polar surface area (TPSA) is 85.1 Å². The van der Waals surface area contributed by atoms with Crippen molar-refractivity contribution in [1.29, 1.82) is 0 Å². The van der Waals surface area contributed by atoms with Gasteiger partial charge in [-0.05, 0) is 30.3 Å². The SMILES string of the molecule is Nc1cccnc1NS(=O)(=O)c1ccc(Br)cc1F. The second-order valence-electron chi connectivity index (χ2n) is 3.62. The highest BCUT2D eigenvalue weighted by Crippen LogP contribution is 2.23. The molecule has 0 atom stereocenters. The van der Waals surface area contributed by atoms with Crippen molar-refractivity contribution in [2.24, 2.45) is 0 Å². The highest BCUT2D eigenvalue weighted by atomic mass is 79.9. The van der Waals surface area contributed by atoms with E-state index in [4.69, 9.17) is 5.73 Å². The van der Waals surface area contributed by atoms with Gasteiger partial charge in [0.1, 0.15) is 10.7 Å². The van der Waals surface area contributed by atoms with E-state index >= 15 is 0 Å². The van der Waals surface area contributed by atoms with Crippen molar-refractivity contribution < 1.29 is 12.8 Å². The van der Waals surface area contributed by atoms with Gasteiger partial charge in [-0.25, -0.2) is 17.8 Å². The molecular formula is C11H9BrFN3O2S. The summed E-state index contributed by atoms with van der Waals surface area (Å²) in [5.74, 6) is -0.902. The van der Waals surface area contributed by atoms with Crippen LogP contribution in [0.15, 0.2) is 45.9 Å². The molecule has 0 radical (unpaired) electrons. The summed E-state index contributed by atoms with van der Waals surface area (Å²) in [6.07, 6.45) is 1.38. The maximum Gasteiger partial charge on any atom is 0.266 e. The van der Waals surface area contributed by atoms with Gasteiger partial charge in [-0.3, -0.25) is 4.72 Å². The Morgan fingerprint density at radius 1 is 1.32 bits per heavy atom. The molecule has 0 fully saturated rings. The Morgan fingerprint density at radius 3 is 2.68 bits per heavy atom. The molecule has 0 aliphatic heterocycles. The van der Waals surface area contributed by atoms with E-state index in [9.17, 15) is 12.8 Å². The fourth-order valence-electron chi connectivity index (χ4n) is 1.38. The van der Waals surface area contributed by atoms with Crippen LogP contribution in [-0.4, -0.2) is 13.4 Å². The Hall–Kier alpha value is -1.67. The number of nitrogen functional groups attached to an aromatic ring is 1. The molecule has 0 saturated carbocycles. The highest BCUT2D eigenvalue weighted by Gasteiger charge is 2.20. The van der Waals surface area contributed by atoms with Gasteiger partial charge < -0.3 is 5.73 Å². The Balaban J connectivity index is 2.41. The van der Waals surface area contributed by atoms with E-state index < -0.39 is 20.7 Å². The van der Waals surface area contributed by atoms with Gasteiger partial charge in [0.2, 0.25) is 0 Å². The second kappa shape index (κ2) is 5.14. The van der Waals surface area contributed by atoms with E-state index in [1.165, 1.54) is 18.3 Å². The van der Waals surface area contributed by atoms with Crippen molar-refractivity contribution in [1.82, 2.24) is 4.98 Å². The van der Waals surface area contributed by atoms with E-state index in [1.54, 1.807) is 6.07 Å². The van der Waals surface area contributed by atoms with Gasteiger partial charge >= 0.3 is 0 Å². The maximum atomic E-state index is 13.6. The number of pyridine rings is 1. The number of nitrogens with two attached hydrogens (primary N) is 1. The number of nitrogens with zero attached hydrogens (tertiary/aromatic N) is 1. The molecule has 0 amide bonds. The summed E-state index contributed by atoms with van der Waals surface area (Å²) in [6, 6.07) is 6.70. The number of sulfonamides is 1. The van der Waals surface area contributed by atoms with Gasteiger partial charge in [0, 0.05) is 10.7 Å². The average Bonchev–Trinajstić information content (AvgIpc) is 2.31. The van der Waals surface area contributed by atoms with Gasteiger partial charge in [-0.15, -0.1) is 0 Å². The Labute approximate surface area is 117 Å². The molecule has 2 aromatic rings. The molecule has 5 nitrogen and oxygen atoms in total. The molecule has 3 N–H and O–H groups in total. The average molecular weight is 346 g/mol. The van der Waals surface area contributed by atoms with Crippen LogP contribution in [0.25, 0.3) is 0 Å². The van der Waals surface area contributed by atoms with Crippen molar-refractivity contribution in [3.8, 4) is 0 Å².